The van der Waals surface area contributed by atoms with Crippen molar-refractivity contribution >= 4 is 23.9 Å². The van der Waals surface area contributed by atoms with Crippen molar-refractivity contribution in [2.45, 2.75) is 276 Å². The highest BCUT2D eigenvalue weighted by molar-refractivity contribution is 5.74. The molecule has 1 rings (SSSR count). The van der Waals surface area contributed by atoms with Crippen molar-refractivity contribution in [1.29, 1.82) is 0 Å². The van der Waals surface area contributed by atoms with Crippen LogP contribution in [0.15, 0.2) is 48.6 Å². The van der Waals surface area contributed by atoms with Crippen LogP contribution in [0.5, 0.6) is 0 Å². The number of hydrogen-bond donors (Lipinski definition) is 3. The van der Waals surface area contributed by atoms with Gasteiger partial charge in [-0.05, 0) is 44.9 Å². The molecule has 0 saturated carbocycles. The van der Waals surface area contributed by atoms with Crippen molar-refractivity contribution in [1.82, 2.24) is 0 Å². The quantitative estimate of drug-likeness (QED) is 0.0228. The largest absolute Gasteiger partial charge is 0.479 e. The summed E-state index contributed by atoms with van der Waals surface area (Å²) in [5, 5.41) is 31.4. The molecule has 1 aliphatic rings. The lowest BCUT2D eigenvalue weighted by molar-refractivity contribution is -0.301. The second-order valence-corrected chi connectivity index (χ2v) is 18.9. The Kier molecular flexibility index (Phi) is 42.3. The number of carboxylic acids is 1. The first-order valence-corrected chi connectivity index (χ1v) is 27.6. The van der Waals surface area contributed by atoms with E-state index in [-0.39, 0.29) is 25.9 Å². The predicted molar refractivity (Wildman–Crippen MR) is 276 cm³/mol. The van der Waals surface area contributed by atoms with Crippen LogP contribution in [0.2, 0.25) is 0 Å². The van der Waals surface area contributed by atoms with Gasteiger partial charge >= 0.3 is 23.9 Å². The summed E-state index contributed by atoms with van der Waals surface area (Å²) < 4.78 is 28.2. The van der Waals surface area contributed by atoms with E-state index < -0.39 is 67.3 Å². The van der Waals surface area contributed by atoms with Gasteiger partial charge in [0, 0.05) is 19.3 Å². The average molecular weight is 975 g/mol. The molecule has 6 atom stereocenters. The molecule has 398 valence electrons. The van der Waals surface area contributed by atoms with Gasteiger partial charge in [-0.3, -0.25) is 14.4 Å². The number of esters is 3. The van der Waals surface area contributed by atoms with Crippen LogP contribution >= 0.6 is 0 Å². The van der Waals surface area contributed by atoms with Crippen molar-refractivity contribution < 1.29 is 58.2 Å². The Morgan fingerprint density at radius 3 is 1.36 bits per heavy atom. The predicted octanol–water partition coefficient (Wildman–Crippen LogP) is 13.4. The molecule has 1 heterocycles. The number of allylic oxidation sites excluding steroid dienone is 8. The molecule has 0 amide bonds. The highest BCUT2D eigenvalue weighted by Gasteiger charge is 2.50. The molecule has 1 saturated heterocycles. The minimum atomic E-state index is -1.91. The molecule has 1 aliphatic heterocycles. The maximum atomic E-state index is 13.0. The van der Waals surface area contributed by atoms with Crippen LogP contribution in [0.1, 0.15) is 239 Å². The summed E-state index contributed by atoms with van der Waals surface area (Å²) in [5.41, 5.74) is 0. The SMILES string of the molecule is CC/C=C\C/C=C\C/C=C\C/C=C\CCC(=O)OCC(COC1OC(C(=O)O)C(O)C(O)C1OC(=O)CCCCCCCCCCCCCCCCCCC)OC(=O)CCCCCCCCCCC. The monoisotopic (exact) mass is 975 g/mol. The number of rotatable bonds is 46. The van der Waals surface area contributed by atoms with Gasteiger partial charge in [0.05, 0.1) is 6.61 Å². The minimum Gasteiger partial charge on any atom is -0.479 e. The number of aliphatic carboxylic acids is 1. The lowest BCUT2D eigenvalue weighted by Gasteiger charge is -2.40. The topological polar surface area (TPSA) is 175 Å². The molecule has 69 heavy (non-hydrogen) atoms. The number of ether oxygens (including phenoxy) is 5. The maximum absolute atomic E-state index is 13.0. The summed E-state index contributed by atoms with van der Waals surface area (Å²) in [6, 6.07) is 0. The maximum Gasteiger partial charge on any atom is 0.335 e. The summed E-state index contributed by atoms with van der Waals surface area (Å²) >= 11 is 0. The fourth-order valence-electron chi connectivity index (χ4n) is 8.21. The van der Waals surface area contributed by atoms with E-state index >= 15 is 0 Å². The van der Waals surface area contributed by atoms with E-state index in [4.69, 9.17) is 23.7 Å². The zero-order valence-electron chi connectivity index (χ0n) is 43.6. The zero-order valence-corrected chi connectivity index (χ0v) is 43.6. The fourth-order valence-corrected chi connectivity index (χ4v) is 8.21. The number of carboxylic acid groups (broad SMARTS) is 1. The Bertz CT molecular complexity index is 1390. The number of carbonyl (C=O) groups is 4. The summed E-state index contributed by atoms with van der Waals surface area (Å²) in [6.07, 6.45) is 41.2. The molecule has 0 spiro atoms. The lowest BCUT2D eigenvalue weighted by atomic mass is 9.98. The molecule has 12 heteroatoms. The third kappa shape index (κ3) is 36.3. The van der Waals surface area contributed by atoms with E-state index in [1.807, 2.05) is 12.2 Å². The fraction of sp³-hybridized carbons (Fsp3) is 0.789. The molecule has 0 aromatic heterocycles. The van der Waals surface area contributed by atoms with E-state index in [1.54, 1.807) is 0 Å². The number of unbranched alkanes of at least 4 members (excludes halogenated alkanes) is 24. The Labute approximate surface area is 418 Å². The minimum absolute atomic E-state index is 0.0585. The van der Waals surface area contributed by atoms with Gasteiger partial charge in [0.25, 0.3) is 0 Å². The van der Waals surface area contributed by atoms with Crippen LogP contribution in [-0.4, -0.2) is 89.2 Å². The molecular weight excluding hydrogens is 877 g/mol. The number of hydrogen-bond acceptors (Lipinski definition) is 11. The molecule has 1 fully saturated rings. The van der Waals surface area contributed by atoms with E-state index in [0.29, 0.717) is 19.3 Å². The average Bonchev–Trinajstić information content (AvgIpc) is 3.33. The molecule has 0 aliphatic carbocycles. The highest BCUT2D eigenvalue weighted by Crippen LogP contribution is 2.26. The van der Waals surface area contributed by atoms with Crippen LogP contribution in [0, 0.1) is 0 Å². The second-order valence-electron chi connectivity index (χ2n) is 18.9. The lowest BCUT2D eigenvalue weighted by Crippen LogP contribution is -2.61. The number of carbonyl (C=O) groups excluding carboxylic acids is 3. The van der Waals surface area contributed by atoms with Crippen LogP contribution in [0.25, 0.3) is 0 Å². The van der Waals surface area contributed by atoms with Crippen molar-refractivity contribution in [2.75, 3.05) is 13.2 Å². The van der Waals surface area contributed by atoms with Gasteiger partial charge in [0.1, 0.15) is 18.8 Å². The van der Waals surface area contributed by atoms with Crippen molar-refractivity contribution in [2.24, 2.45) is 0 Å². The number of aliphatic hydroxyl groups excluding tert-OH is 2. The zero-order chi connectivity index (χ0) is 50.4. The summed E-state index contributed by atoms with van der Waals surface area (Å²) in [4.78, 5) is 50.8. The summed E-state index contributed by atoms with van der Waals surface area (Å²) in [6.45, 7) is 5.78. The van der Waals surface area contributed by atoms with E-state index in [0.717, 1.165) is 70.6 Å². The van der Waals surface area contributed by atoms with Crippen LogP contribution in [0.4, 0.5) is 0 Å². The molecule has 0 radical (unpaired) electrons. The molecule has 3 N–H and O–H groups in total. The van der Waals surface area contributed by atoms with Crippen molar-refractivity contribution in [3.05, 3.63) is 48.6 Å². The molecule has 12 nitrogen and oxygen atoms in total. The third-order valence-corrected chi connectivity index (χ3v) is 12.4. The Hall–Kier alpha value is -3.32. The summed E-state index contributed by atoms with van der Waals surface area (Å²) in [5.74, 6) is -3.21. The van der Waals surface area contributed by atoms with Crippen molar-refractivity contribution in [3.63, 3.8) is 0 Å². The Morgan fingerprint density at radius 2 is 0.913 bits per heavy atom. The molecule has 0 bridgehead atoms. The highest BCUT2D eigenvalue weighted by atomic mass is 16.7. The molecular formula is C57H98O12. The normalized spacial score (nSPS) is 19.0. The number of aliphatic hydroxyl groups is 2. The van der Waals surface area contributed by atoms with Gasteiger partial charge < -0.3 is 39.0 Å². The second kappa shape index (κ2) is 45.8. The van der Waals surface area contributed by atoms with Crippen LogP contribution in [-0.2, 0) is 42.9 Å². The third-order valence-electron chi connectivity index (χ3n) is 12.4. The van der Waals surface area contributed by atoms with Gasteiger partial charge in [-0.25, -0.2) is 4.79 Å². The smallest absolute Gasteiger partial charge is 0.335 e. The standard InChI is InChI=1S/C57H98O12/c1-4-7-10-13-16-19-21-23-24-25-26-28-30-33-36-39-42-45-51(60)68-55-53(62)52(61)54(56(63)64)69-57(55)66-47-48(67-50(59)44-41-38-35-31-18-15-12-9-6-3)46-65-49(58)43-40-37-34-32-29-27-22-20-17-14-11-8-5-2/h8,11,17,20,27,29,34,37,48,52-55,57,61-62H,4-7,9-10,12-16,18-19,21-26,28,30-33,35-36,38-47H2,1-3H3,(H,63,64)/b11-8-,20-17-,29-27-,37-34-. The van der Waals surface area contributed by atoms with Gasteiger partial charge in [-0.2, -0.15) is 0 Å². The van der Waals surface area contributed by atoms with Gasteiger partial charge in [0.15, 0.2) is 24.6 Å². The van der Waals surface area contributed by atoms with Crippen molar-refractivity contribution in [3.8, 4) is 0 Å². The van der Waals surface area contributed by atoms with Gasteiger partial charge in [-0.1, -0.05) is 223 Å². The first-order valence-electron chi connectivity index (χ1n) is 27.6. The van der Waals surface area contributed by atoms with E-state index in [2.05, 4.69) is 57.2 Å². The van der Waals surface area contributed by atoms with Gasteiger partial charge in [0.2, 0.25) is 0 Å². The Morgan fingerprint density at radius 1 is 0.493 bits per heavy atom. The first-order chi connectivity index (χ1) is 33.6. The summed E-state index contributed by atoms with van der Waals surface area (Å²) in [7, 11) is 0. The molecule has 0 aromatic rings. The first kappa shape index (κ1) is 63.7. The van der Waals surface area contributed by atoms with E-state index in [1.165, 1.54) is 109 Å². The Balaban J connectivity index is 2.69. The van der Waals surface area contributed by atoms with Crippen LogP contribution < -0.4 is 0 Å². The van der Waals surface area contributed by atoms with Crippen LogP contribution in [0.3, 0.4) is 0 Å². The van der Waals surface area contributed by atoms with E-state index in [9.17, 15) is 34.5 Å². The van der Waals surface area contributed by atoms with Gasteiger partial charge in [-0.15, -0.1) is 0 Å². The molecule has 6 unspecified atom stereocenters. The molecule has 0 aromatic carbocycles.